The number of rotatable bonds is 5. The Morgan fingerprint density at radius 2 is 1.83 bits per heavy atom. The minimum Gasteiger partial charge on any atom is -0.460 e. The summed E-state index contributed by atoms with van der Waals surface area (Å²) in [6, 6.07) is 15.6. The van der Waals surface area contributed by atoms with Gasteiger partial charge in [0.2, 0.25) is 5.89 Å². The van der Waals surface area contributed by atoms with Gasteiger partial charge in [0, 0.05) is 11.1 Å². The summed E-state index contributed by atoms with van der Waals surface area (Å²) in [5, 5.41) is 0. The summed E-state index contributed by atoms with van der Waals surface area (Å²) >= 11 is 0. The molecule has 3 rings (SSSR count). The SMILES string of the molecule is Cc1oc(-c2ccccc2)nc1CC(=O)OCc1ccccc1F. The lowest BCUT2D eigenvalue weighted by molar-refractivity contribution is -0.144. The van der Waals surface area contributed by atoms with Crippen molar-refractivity contribution in [2.24, 2.45) is 0 Å². The molecule has 5 heteroatoms. The molecule has 4 nitrogen and oxygen atoms in total. The van der Waals surface area contributed by atoms with Gasteiger partial charge in [0.05, 0.1) is 12.1 Å². The average Bonchev–Trinajstić information content (AvgIpc) is 2.96. The van der Waals surface area contributed by atoms with E-state index in [9.17, 15) is 9.18 Å². The molecular formula is C19H16FNO3. The standard InChI is InChI=1S/C19H16FNO3/c1-13-17(21-19(24-13)14-7-3-2-4-8-14)11-18(22)23-12-15-9-5-6-10-16(15)20/h2-10H,11-12H2,1H3. The molecule has 0 bridgehead atoms. The number of hydrogen-bond acceptors (Lipinski definition) is 4. The first kappa shape index (κ1) is 15.9. The van der Waals surface area contributed by atoms with Crippen LogP contribution < -0.4 is 0 Å². The maximum atomic E-state index is 13.5. The van der Waals surface area contributed by atoms with Crippen LogP contribution in [0, 0.1) is 12.7 Å². The molecule has 0 aliphatic heterocycles. The van der Waals surface area contributed by atoms with Crippen molar-refractivity contribution >= 4 is 5.97 Å². The Hall–Kier alpha value is -2.95. The molecule has 0 fully saturated rings. The first-order valence-corrected chi connectivity index (χ1v) is 7.54. The molecular weight excluding hydrogens is 309 g/mol. The molecule has 0 unspecified atom stereocenters. The van der Waals surface area contributed by atoms with Crippen molar-refractivity contribution in [1.82, 2.24) is 4.98 Å². The lowest BCUT2D eigenvalue weighted by atomic mass is 10.2. The molecule has 1 heterocycles. The fourth-order valence-corrected chi connectivity index (χ4v) is 2.26. The van der Waals surface area contributed by atoms with Gasteiger partial charge in [-0.2, -0.15) is 0 Å². The number of aryl methyl sites for hydroxylation is 1. The van der Waals surface area contributed by atoms with Gasteiger partial charge in [0.25, 0.3) is 0 Å². The van der Waals surface area contributed by atoms with E-state index in [1.807, 2.05) is 30.3 Å². The quantitative estimate of drug-likeness (QED) is 0.663. The highest BCUT2D eigenvalue weighted by molar-refractivity contribution is 5.72. The Labute approximate surface area is 138 Å². The Balaban J connectivity index is 1.65. The molecule has 0 saturated heterocycles. The highest BCUT2D eigenvalue weighted by atomic mass is 19.1. The van der Waals surface area contributed by atoms with Crippen LogP contribution in [0.5, 0.6) is 0 Å². The summed E-state index contributed by atoms with van der Waals surface area (Å²) < 4.78 is 24.2. The van der Waals surface area contributed by atoms with E-state index in [2.05, 4.69) is 4.98 Å². The summed E-state index contributed by atoms with van der Waals surface area (Å²) in [5.74, 6) is 0.158. The lowest BCUT2D eigenvalue weighted by Gasteiger charge is -2.05. The molecule has 0 saturated carbocycles. The highest BCUT2D eigenvalue weighted by Crippen LogP contribution is 2.22. The summed E-state index contributed by atoms with van der Waals surface area (Å²) in [5.41, 5.74) is 1.70. The van der Waals surface area contributed by atoms with Crippen molar-refractivity contribution in [3.8, 4) is 11.5 Å². The van der Waals surface area contributed by atoms with E-state index in [1.54, 1.807) is 25.1 Å². The van der Waals surface area contributed by atoms with Gasteiger partial charge in [-0.3, -0.25) is 4.79 Å². The van der Waals surface area contributed by atoms with Crippen LogP contribution in [-0.2, 0) is 22.6 Å². The molecule has 0 radical (unpaired) electrons. The van der Waals surface area contributed by atoms with Crippen molar-refractivity contribution in [1.29, 1.82) is 0 Å². The predicted molar refractivity (Wildman–Crippen MR) is 86.6 cm³/mol. The van der Waals surface area contributed by atoms with Crippen LogP contribution in [-0.4, -0.2) is 11.0 Å². The normalized spacial score (nSPS) is 10.6. The summed E-state index contributed by atoms with van der Waals surface area (Å²) in [4.78, 5) is 16.3. The molecule has 0 amide bonds. The first-order chi connectivity index (χ1) is 11.6. The molecule has 0 atom stereocenters. The number of halogens is 1. The van der Waals surface area contributed by atoms with E-state index >= 15 is 0 Å². The van der Waals surface area contributed by atoms with Gasteiger partial charge in [-0.25, -0.2) is 9.37 Å². The van der Waals surface area contributed by atoms with Gasteiger partial charge in [-0.05, 0) is 25.1 Å². The van der Waals surface area contributed by atoms with E-state index in [4.69, 9.17) is 9.15 Å². The van der Waals surface area contributed by atoms with Gasteiger partial charge < -0.3 is 9.15 Å². The number of ether oxygens (including phenoxy) is 1. The van der Waals surface area contributed by atoms with Gasteiger partial charge >= 0.3 is 5.97 Å². The molecule has 2 aromatic carbocycles. The largest absolute Gasteiger partial charge is 0.460 e. The summed E-state index contributed by atoms with van der Waals surface area (Å²) in [6.45, 7) is 1.65. The zero-order valence-electron chi connectivity index (χ0n) is 13.2. The third kappa shape index (κ3) is 3.68. The molecule has 24 heavy (non-hydrogen) atoms. The lowest BCUT2D eigenvalue weighted by Crippen LogP contribution is -2.09. The van der Waals surface area contributed by atoms with E-state index < -0.39 is 11.8 Å². The third-order valence-corrected chi connectivity index (χ3v) is 3.57. The van der Waals surface area contributed by atoms with E-state index in [0.717, 1.165) is 5.56 Å². The second kappa shape index (κ2) is 7.08. The van der Waals surface area contributed by atoms with E-state index in [1.165, 1.54) is 6.07 Å². The second-order valence-corrected chi connectivity index (χ2v) is 5.32. The van der Waals surface area contributed by atoms with Crippen molar-refractivity contribution in [2.45, 2.75) is 20.0 Å². The number of esters is 1. The fraction of sp³-hybridized carbons (Fsp3) is 0.158. The van der Waals surface area contributed by atoms with Crippen LogP contribution in [0.1, 0.15) is 17.0 Å². The first-order valence-electron chi connectivity index (χ1n) is 7.54. The van der Waals surface area contributed by atoms with E-state index in [0.29, 0.717) is 22.9 Å². The molecule has 1 aromatic heterocycles. The van der Waals surface area contributed by atoms with Crippen molar-refractivity contribution in [3.63, 3.8) is 0 Å². The molecule has 0 aliphatic carbocycles. The molecule has 0 spiro atoms. The topological polar surface area (TPSA) is 52.3 Å². The minimum absolute atomic E-state index is 0.0172. The maximum absolute atomic E-state index is 13.5. The number of hydrogen-bond donors (Lipinski definition) is 0. The smallest absolute Gasteiger partial charge is 0.312 e. The van der Waals surface area contributed by atoms with Crippen LogP contribution in [0.25, 0.3) is 11.5 Å². The zero-order valence-corrected chi connectivity index (χ0v) is 13.2. The van der Waals surface area contributed by atoms with E-state index in [-0.39, 0.29) is 13.0 Å². The average molecular weight is 325 g/mol. The molecule has 0 N–H and O–H groups in total. The van der Waals surface area contributed by atoms with Gasteiger partial charge in [-0.1, -0.05) is 36.4 Å². The monoisotopic (exact) mass is 325 g/mol. The number of aromatic nitrogens is 1. The van der Waals surface area contributed by atoms with Crippen LogP contribution in [0.2, 0.25) is 0 Å². The van der Waals surface area contributed by atoms with Crippen LogP contribution in [0.3, 0.4) is 0 Å². The third-order valence-electron chi connectivity index (χ3n) is 3.57. The number of nitrogens with zero attached hydrogens (tertiary/aromatic N) is 1. The number of carbonyl (C=O) groups excluding carboxylic acids is 1. The van der Waals surface area contributed by atoms with Crippen LogP contribution >= 0.6 is 0 Å². The van der Waals surface area contributed by atoms with Crippen molar-refractivity contribution < 1.29 is 18.3 Å². The number of oxazole rings is 1. The molecule has 0 aliphatic rings. The molecule has 122 valence electrons. The van der Waals surface area contributed by atoms with Crippen molar-refractivity contribution in [2.75, 3.05) is 0 Å². The Morgan fingerprint density at radius 1 is 1.12 bits per heavy atom. The Morgan fingerprint density at radius 3 is 2.58 bits per heavy atom. The zero-order chi connectivity index (χ0) is 16.9. The maximum Gasteiger partial charge on any atom is 0.312 e. The Kier molecular flexibility index (Phi) is 4.70. The van der Waals surface area contributed by atoms with Crippen molar-refractivity contribution in [3.05, 3.63) is 77.4 Å². The van der Waals surface area contributed by atoms with Gasteiger partial charge in [0.15, 0.2) is 0 Å². The van der Waals surface area contributed by atoms with Crippen LogP contribution in [0.15, 0.2) is 59.0 Å². The van der Waals surface area contributed by atoms with Crippen LogP contribution in [0.4, 0.5) is 4.39 Å². The second-order valence-electron chi connectivity index (χ2n) is 5.32. The predicted octanol–water partition coefficient (Wildman–Crippen LogP) is 4.08. The molecule has 3 aromatic rings. The van der Waals surface area contributed by atoms with Gasteiger partial charge in [0.1, 0.15) is 18.2 Å². The number of carbonyl (C=O) groups is 1. The minimum atomic E-state index is -0.478. The fourth-order valence-electron chi connectivity index (χ4n) is 2.26. The highest BCUT2D eigenvalue weighted by Gasteiger charge is 2.16. The summed E-state index contributed by atoms with van der Waals surface area (Å²) in [6.07, 6.45) is -0.0172. The Bertz CT molecular complexity index is 843. The van der Waals surface area contributed by atoms with Gasteiger partial charge in [-0.15, -0.1) is 0 Å². The number of benzene rings is 2. The summed E-state index contributed by atoms with van der Waals surface area (Å²) in [7, 11) is 0.